The minimum atomic E-state index is -0.460. The van der Waals surface area contributed by atoms with Crippen molar-refractivity contribution < 1.29 is 9.90 Å². The third-order valence-electron chi connectivity index (χ3n) is 2.72. The number of aliphatic hydroxyl groups is 1. The van der Waals surface area contributed by atoms with Gasteiger partial charge in [-0.1, -0.05) is 15.9 Å². The molecule has 1 heterocycles. The number of halogens is 1. The van der Waals surface area contributed by atoms with E-state index in [1.807, 2.05) is 12.1 Å². The van der Waals surface area contributed by atoms with Gasteiger partial charge in [0.15, 0.2) is 0 Å². The molecule has 3 nitrogen and oxygen atoms in total. The first-order chi connectivity index (χ1) is 7.09. The van der Waals surface area contributed by atoms with Crippen molar-refractivity contribution in [1.82, 2.24) is 5.32 Å². The Balaban J connectivity index is 2.51. The van der Waals surface area contributed by atoms with Crippen molar-refractivity contribution in [2.24, 2.45) is 0 Å². The summed E-state index contributed by atoms with van der Waals surface area (Å²) in [5, 5.41) is 12.4. The van der Waals surface area contributed by atoms with Crippen molar-refractivity contribution in [2.45, 2.75) is 18.9 Å². The second-order valence-corrected chi connectivity index (χ2v) is 4.70. The summed E-state index contributed by atoms with van der Waals surface area (Å²) in [4.78, 5) is 11.6. The van der Waals surface area contributed by atoms with Gasteiger partial charge >= 0.3 is 0 Å². The van der Waals surface area contributed by atoms with Crippen molar-refractivity contribution >= 4 is 21.8 Å². The Bertz CT molecular complexity index is 404. The number of carbonyl (C=O) groups excluding carboxylic acids is 1. The lowest BCUT2D eigenvalue weighted by atomic mass is 9.87. The summed E-state index contributed by atoms with van der Waals surface area (Å²) in [6, 6.07) is 5.53. The quantitative estimate of drug-likeness (QED) is 0.815. The molecule has 2 unspecified atom stereocenters. The molecule has 0 saturated carbocycles. The summed E-state index contributed by atoms with van der Waals surface area (Å²) < 4.78 is 0.932. The highest BCUT2D eigenvalue weighted by atomic mass is 79.9. The first-order valence-corrected chi connectivity index (χ1v) is 5.64. The van der Waals surface area contributed by atoms with Crippen LogP contribution in [0.25, 0.3) is 0 Å². The fourth-order valence-corrected chi connectivity index (χ4v) is 2.26. The zero-order valence-corrected chi connectivity index (χ0v) is 9.91. The first-order valence-electron chi connectivity index (χ1n) is 4.85. The van der Waals surface area contributed by atoms with Crippen LogP contribution in [0, 0.1) is 0 Å². The Kier molecular flexibility index (Phi) is 2.80. The van der Waals surface area contributed by atoms with Crippen LogP contribution >= 0.6 is 15.9 Å². The Labute approximate surface area is 96.6 Å². The standard InChI is InChI=1S/C11H12BrNO2/c1-6(14)10-5-13-11(15)8-3-2-7(12)4-9(8)10/h2-4,6,10,14H,5H2,1H3,(H,13,15). The van der Waals surface area contributed by atoms with Crippen molar-refractivity contribution in [3.8, 4) is 0 Å². The van der Waals surface area contributed by atoms with Gasteiger partial charge < -0.3 is 10.4 Å². The monoisotopic (exact) mass is 269 g/mol. The van der Waals surface area contributed by atoms with Gasteiger partial charge in [0.05, 0.1) is 6.10 Å². The highest BCUT2D eigenvalue weighted by molar-refractivity contribution is 9.10. The molecule has 0 radical (unpaired) electrons. The molecule has 0 spiro atoms. The molecule has 2 atom stereocenters. The summed E-state index contributed by atoms with van der Waals surface area (Å²) in [6.45, 7) is 2.24. The Morgan fingerprint density at radius 2 is 2.33 bits per heavy atom. The van der Waals surface area contributed by atoms with Gasteiger partial charge in [0.1, 0.15) is 0 Å². The van der Waals surface area contributed by atoms with Crippen LogP contribution in [-0.2, 0) is 0 Å². The topological polar surface area (TPSA) is 49.3 Å². The number of carbonyl (C=O) groups is 1. The van der Waals surface area contributed by atoms with Crippen molar-refractivity contribution in [2.75, 3.05) is 6.54 Å². The predicted molar refractivity (Wildman–Crippen MR) is 60.9 cm³/mol. The molecule has 1 aromatic rings. The fourth-order valence-electron chi connectivity index (χ4n) is 1.89. The van der Waals surface area contributed by atoms with E-state index in [-0.39, 0.29) is 11.8 Å². The summed E-state index contributed by atoms with van der Waals surface area (Å²) in [6.07, 6.45) is -0.460. The second kappa shape index (κ2) is 3.94. The van der Waals surface area contributed by atoms with Crippen LogP contribution in [0.15, 0.2) is 22.7 Å². The summed E-state index contributed by atoms with van der Waals surface area (Å²) in [7, 11) is 0. The SMILES string of the molecule is CC(O)C1CNC(=O)c2ccc(Br)cc21. The van der Waals surface area contributed by atoms with Crippen molar-refractivity contribution in [1.29, 1.82) is 0 Å². The van der Waals surface area contributed by atoms with Gasteiger partial charge in [0.25, 0.3) is 5.91 Å². The van der Waals surface area contributed by atoms with Crippen LogP contribution in [-0.4, -0.2) is 23.7 Å². The molecule has 1 aromatic carbocycles. The number of rotatable bonds is 1. The van der Waals surface area contributed by atoms with E-state index in [0.29, 0.717) is 12.1 Å². The molecule has 0 saturated heterocycles. The van der Waals surface area contributed by atoms with E-state index in [0.717, 1.165) is 10.0 Å². The largest absolute Gasteiger partial charge is 0.393 e. The number of hydrogen-bond acceptors (Lipinski definition) is 2. The molecule has 0 aliphatic carbocycles. The summed E-state index contributed by atoms with van der Waals surface area (Å²) >= 11 is 3.37. The zero-order valence-electron chi connectivity index (χ0n) is 8.33. The molecule has 0 fully saturated rings. The Hall–Kier alpha value is -0.870. The molecule has 1 aliphatic heterocycles. The van der Waals surface area contributed by atoms with E-state index in [2.05, 4.69) is 21.2 Å². The van der Waals surface area contributed by atoms with E-state index >= 15 is 0 Å². The molecule has 2 N–H and O–H groups in total. The molecule has 15 heavy (non-hydrogen) atoms. The van der Waals surface area contributed by atoms with Crippen LogP contribution in [0.2, 0.25) is 0 Å². The molecule has 4 heteroatoms. The van der Waals surface area contributed by atoms with E-state index in [1.54, 1.807) is 13.0 Å². The second-order valence-electron chi connectivity index (χ2n) is 3.79. The number of aliphatic hydroxyl groups excluding tert-OH is 1. The maximum Gasteiger partial charge on any atom is 0.251 e. The molecule has 0 aromatic heterocycles. The summed E-state index contributed by atoms with van der Waals surface area (Å²) in [5.41, 5.74) is 1.58. The number of benzene rings is 1. The third-order valence-corrected chi connectivity index (χ3v) is 3.22. The highest BCUT2D eigenvalue weighted by Crippen LogP contribution is 2.29. The Morgan fingerprint density at radius 1 is 1.60 bits per heavy atom. The van der Waals surface area contributed by atoms with Crippen LogP contribution in [0.5, 0.6) is 0 Å². The van der Waals surface area contributed by atoms with Gasteiger partial charge in [-0.15, -0.1) is 0 Å². The minimum Gasteiger partial charge on any atom is -0.393 e. The molecule has 2 rings (SSSR count). The van der Waals surface area contributed by atoms with Crippen molar-refractivity contribution in [3.05, 3.63) is 33.8 Å². The average molecular weight is 270 g/mol. The number of nitrogens with one attached hydrogen (secondary N) is 1. The highest BCUT2D eigenvalue weighted by Gasteiger charge is 2.28. The van der Waals surface area contributed by atoms with Crippen molar-refractivity contribution in [3.63, 3.8) is 0 Å². The minimum absolute atomic E-state index is 0.0183. The maximum absolute atomic E-state index is 11.6. The molecule has 1 aliphatic rings. The Morgan fingerprint density at radius 3 is 3.00 bits per heavy atom. The number of fused-ring (bicyclic) bond motifs is 1. The van der Waals surface area contributed by atoms with E-state index < -0.39 is 6.10 Å². The van der Waals surface area contributed by atoms with Crippen LogP contribution in [0.3, 0.4) is 0 Å². The van der Waals surface area contributed by atoms with Gasteiger partial charge in [-0.3, -0.25) is 4.79 Å². The van der Waals surface area contributed by atoms with Crippen LogP contribution in [0.1, 0.15) is 28.8 Å². The first kappa shape index (κ1) is 10.6. The zero-order chi connectivity index (χ0) is 11.0. The molecular formula is C11H12BrNO2. The number of hydrogen-bond donors (Lipinski definition) is 2. The van der Waals surface area contributed by atoms with E-state index in [1.165, 1.54) is 0 Å². The maximum atomic E-state index is 11.6. The molecule has 0 bridgehead atoms. The summed E-state index contributed by atoms with van der Waals surface area (Å²) in [5.74, 6) is -0.0791. The predicted octanol–water partition coefficient (Wildman–Crippen LogP) is 1.66. The van der Waals surface area contributed by atoms with Gasteiger partial charge in [-0.25, -0.2) is 0 Å². The normalized spacial score (nSPS) is 21.8. The van der Waals surface area contributed by atoms with Gasteiger partial charge in [-0.2, -0.15) is 0 Å². The average Bonchev–Trinajstić information content (AvgIpc) is 2.17. The molecule has 1 amide bonds. The molecular weight excluding hydrogens is 258 g/mol. The van der Waals surface area contributed by atoms with Gasteiger partial charge in [0.2, 0.25) is 0 Å². The third kappa shape index (κ3) is 1.92. The van der Waals surface area contributed by atoms with Crippen LogP contribution < -0.4 is 5.32 Å². The van der Waals surface area contributed by atoms with Crippen LogP contribution in [0.4, 0.5) is 0 Å². The van der Waals surface area contributed by atoms with Gasteiger partial charge in [-0.05, 0) is 30.7 Å². The lowest BCUT2D eigenvalue weighted by molar-refractivity contribution is 0.0912. The lowest BCUT2D eigenvalue weighted by Gasteiger charge is -2.27. The molecule has 80 valence electrons. The van der Waals surface area contributed by atoms with E-state index in [4.69, 9.17) is 0 Å². The van der Waals surface area contributed by atoms with Gasteiger partial charge in [0, 0.05) is 22.5 Å². The fraction of sp³-hybridized carbons (Fsp3) is 0.364. The lowest BCUT2D eigenvalue weighted by Crippen LogP contribution is -2.38. The smallest absolute Gasteiger partial charge is 0.251 e. The van der Waals surface area contributed by atoms with E-state index in [9.17, 15) is 9.90 Å². The number of amides is 1.